The first-order chi connectivity index (χ1) is 11.1. The predicted octanol–water partition coefficient (Wildman–Crippen LogP) is 4.99. The van der Waals surface area contributed by atoms with Crippen LogP contribution in [0.3, 0.4) is 0 Å². The van der Waals surface area contributed by atoms with E-state index in [1.807, 2.05) is 43.3 Å². The molecule has 116 valence electrons. The maximum absolute atomic E-state index is 11.7. The van der Waals surface area contributed by atoms with Gasteiger partial charge in [0, 0.05) is 12.6 Å². The minimum absolute atomic E-state index is 0.0685. The molecule has 4 heteroatoms. The van der Waals surface area contributed by atoms with Crippen molar-refractivity contribution in [3.05, 3.63) is 76.8 Å². The Hall–Kier alpha value is -2.46. The minimum Gasteiger partial charge on any atom is -0.313 e. The second kappa shape index (κ2) is 6.75. The van der Waals surface area contributed by atoms with Crippen LogP contribution in [0.5, 0.6) is 0 Å². The van der Waals surface area contributed by atoms with Gasteiger partial charge in [0.25, 0.3) is 0 Å². The average Bonchev–Trinajstić information content (AvgIpc) is 2.96. The van der Waals surface area contributed by atoms with Crippen LogP contribution in [0.25, 0.3) is 0 Å². The molecule has 0 spiro atoms. The molecule has 0 radical (unpaired) electrons. The monoisotopic (exact) mass is 322 g/mol. The molecule has 0 N–H and O–H groups in total. The fraction of sp³-hybridized carbons (Fsp3) is 0.158. The van der Waals surface area contributed by atoms with Gasteiger partial charge in [0.2, 0.25) is 0 Å². The van der Waals surface area contributed by atoms with Crippen LogP contribution in [0.2, 0.25) is 0 Å². The van der Waals surface area contributed by atoms with E-state index in [0.29, 0.717) is 0 Å². The van der Waals surface area contributed by atoms with Crippen molar-refractivity contribution in [3.8, 4) is 0 Å². The molecule has 0 atom stereocenters. The Morgan fingerprint density at radius 3 is 2.22 bits per heavy atom. The van der Waals surface area contributed by atoms with Gasteiger partial charge < -0.3 is 4.90 Å². The molecule has 3 aromatic rings. The number of aryl methyl sites for hydroxylation is 1. The summed E-state index contributed by atoms with van der Waals surface area (Å²) in [5.41, 5.74) is 3.07. The van der Waals surface area contributed by atoms with E-state index >= 15 is 0 Å². The Morgan fingerprint density at radius 1 is 1.04 bits per heavy atom. The van der Waals surface area contributed by atoms with Crippen molar-refractivity contribution in [2.75, 3.05) is 4.90 Å². The number of carbonyl (C=O) groups excluding carboxylic acids is 1. The first-order valence-electron chi connectivity index (χ1n) is 7.50. The summed E-state index contributed by atoms with van der Waals surface area (Å²) in [4.78, 5) is 19.3. The molecule has 0 aliphatic rings. The maximum Gasteiger partial charge on any atom is 0.191 e. The van der Waals surface area contributed by atoms with Crippen LogP contribution in [-0.2, 0) is 6.54 Å². The summed E-state index contributed by atoms with van der Waals surface area (Å²) in [5, 5.41) is 0.850. The minimum atomic E-state index is 0.0685. The lowest BCUT2D eigenvalue weighted by Crippen LogP contribution is -2.16. The standard InChI is InChI=1S/C19H18N2OS/c1-14-18(15(2)22)23-19(20-14)21(17-11-7-4-8-12-17)13-16-9-5-3-6-10-16/h3-12H,13H2,1-2H3. The van der Waals surface area contributed by atoms with Gasteiger partial charge in [-0.1, -0.05) is 59.9 Å². The Morgan fingerprint density at radius 2 is 1.65 bits per heavy atom. The molecule has 0 unspecified atom stereocenters. The van der Waals surface area contributed by atoms with Crippen molar-refractivity contribution < 1.29 is 4.79 Å². The molecule has 0 bridgehead atoms. The van der Waals surface area contributed by atoms with E-state index in [1.165, 1.54) is 16.9 Å². The lowest BCUT2D eigenvalue weighted by Gasteiger charge is -2.22. The number of aromatic nitrogens is 1. The van der Waals surface area contributed by atoms with Crippen LogP contribution >= 0.6 is 11.3 Å². The van der Waals surface area contributed by atoms with Crippen molar-refractivity contribution in [2.24, 2.45) is 0 Å². The highest BCUT2D eigenvalue weighted by Gasteiger charge is 2.18. The van der Waals surface area contributed by atoms with Crippen molar-refractivity contribution in [1.29, 1.82) is 0 Å². The summed E-state index contributed by atoms with van der Waals surface area (Å²) < 4.78 is 0. The van der Waals surface area contributed by atoms with Gasteiger partial charge in [-0.3, -0.25) is 4.79 Å². The van der Waals surface area contributed by atoms with Crippen molar-refractivity contribution >= 4 is 27.9 Å². The summed E-state index contributed by atoms with van der Waals surface area (Å²) in [6.45, 7) is 4.20. The third kappa shape index (κ3) is 3.48. The smallest absolute Gasteiger partial charge is 0.191 e. The van der Waals surface area contributed by atoms with E-state index in [-0.39, 0.29) is 5.78 Å². The first kappa shape index (κ1) is 15.4. The SMILES string of the molecule is CC(=O)c1sc(N(Cc2ccccc2)c2ccccc2)nc1C. The fourth-order valence-corrected chi connectivity index (χ4v) is 3.45. The van der Waals surface area contributed by atoms with Gasteiger partial charge in [-0.15, -0.1) is 0 Å². The van der Waals surface area contributed by atoms with Gasteiger partial charge in [-0.05, 0) is 24.6 Å². The highest BCUT2D eigenvalue weighted by Crippen LogP contribution is 2.33. The van der Waals surface area contributed by atoms with E-state index in [2.05, 4.69) is 34.1 Å². The zero-order valence-electron chi connectivity index (χ0n) is 13.2. The second-order valence-electron chi connectivity index (χ2n) is 5.37. The van der Waals surface area contributed by atoms with Crippen LogP contribution < -0.4 is 4.90 Å². The molecule has 0 saturated carbocycles. The van der Waals surface area contributed by atoms with Crippen LogP contribution in [0.1, 0.15) is 27.9 Å². The van der Waals surface area contributed by atoms with Crippen LogP contribution in [0, 0.1) is 6.92 Å². The van der Waals surface area contributed by atoms with E-state index in [4.69, 9.17) is 0 Å². The lowest BCUT2D eigenvalue weighted by molar-refractivity contribution is 0.102. The summed E-state index contributed by atoms with van der Waals surface area (Å²) in [6, 6.07) is 20.4. The summed E-state index contributed by atoms with van der Waals surface area (Å²) >= 11 is 1.46. The number of hydrogen-bond acceptors (Lipinski definition) is 4. The zero-order valence-corrected chi connectivity index (χ0v) is 14.0. The molecule has 0 amide bonds. The zero-order chi connectivity index (χ0) is 16.2. The predicted molar refractivity (Wildman–Crippen MR) is 95.6 cm³/mol. The summed E-state index contributed by atoms with van der Waals surface area (Å²) in [6.07, 6.45) is 0. The van der Waals surface area contributed by atoms with Crippen molar-refractivity contribution in [1.82, 2.24) is 4.98 Å². The number of benzene rings is 2. The molecule has 2 aromatic carbocycles. The van der Waals surface area contributed by atoms with Gasteiger partial charge in [-0.25, -0.2) is 4.98 Å². The number of nitrogens with zero attached hydrogens (tertiary/aromatic N) is 2. The third-order valence-corrected chi connectivity index (χ3v) is 4.87. The van der Waals surface area contributed by atoms with Crippen LogP contribution in [0.15, 0.2) is 60.7 Å². The molecule has 3 nitrogen and oxygen atoms in total. The van der Waals surface area contributed by atoms with Crippen LogP contribution in [0.4, 0.5) is 10.8 Å². The van der Waals surface area contributed by atoms with Gasteiger partial charge in [0.05, 0.1) is 17.1 Å². The lowest BCUT2D eigenvalue weighted by atomic mass is 10.2. The van der Waals surface area contributed by atoms with Crippen molar-refractivity contribution in [2.45, 2.75) is 20.4 Å². The molecule has 3 rings (SSSR count). The van der Waals surface area contributed by atoms with Gasteiger partial charge in [0.1, 0.15) is 0 Å². The second-order valence-corrected chi connectivity index (χ2v) is 6.35. The quantitative estimate of drug-likeness (QED) is 0.620. The van der Waals surface area contributed by atoms with E-state index in [0.717, 1.165) is 27.9 Å². The molecule has 23 heavy (non-hydrogen) atoms. The van der Waals surface area contributed by atoms with Gasteiger partial charge in [-0.2, -0.15) is 0 Å². The first-order valence-corrected chi connectivity index (χ1v) is 8.31. The molecule has 0 aliphatic heterocycles. The third-order valence-electron chi connectivity index (χ3n) is 3.59. The fourth-order valence-electron chi connectivity index (χ4n) is 2.47. The number of thiazole rings is 1. The molecule has 0 aliphatic carbocycles. The number of para-hydroxylation sites is 1. The largest absolute Gasteiger partial charge is 0.313 e. The molecular formula is C19H18N2OS. The molecule has 0 saturated heterocycles. The Kier molecular flexibility index (Phi) is 4.53. The van der Waals surface area contributed by atoms with E-state index in [9.17, 15) is 4.79 Å². The van der Waals surface area contributed by atoms with E-state index < -0.39 is 0 Å². The molecular weight excluding hydrogens is 304 g/mol. The number of ketones is 1. The topological polar surface area (TPSA) is 33.2 Å². The van der Waals surface area contributed by atoms with Crippen molar-refractivity contribution in [3.63, 3.8) is 0 Å². The number of anilines is 2. The molecule has 1 aromatic heterocycles. The number of rotatable bonds is 5. The summed E-state index contributed by atoms with van der Waals surface area (Å²) in [5.74, 6) is 0.0685. The summed E-state index contributed by atoms with van der Waals surface area (Å²) in [7, 11) is 0. The van der Waals surface area contributed by atoms with Gasteiger partial charge >= 0.3 is 0 Å². The molecule has 1 heterocycles. The maximum atomic E-state index is 11.7. The molecule has 0 fully saturated rings. The Bertz CT molecular complexity index is 797. The highest BCUT2D eigenvalue weighted by atomic mass is 32.1. The number of carbonyl (C=O) groups is 1. The number of hydrogen-bond donors (Lipinski definition) is 0. The highest BCUT2D eigenvalue weighted by molar-refractivity contribution is 7.17. The average molecular weight is 322 g/mol. The Balaban J connectivity index is 2.02. The van der Waals surface area contributed by atoms with Gasteiger partial charge in [0.15, 0.2) is 10.9 Å². The Labute approximate surface area is 140 Å². The van der Waals surface area contributed by atoms with Crippen LogP contribution in [-0.4, -0.2) is 10.8 Å². The normalized spacial score (nSPS) is 10.5. The number of Topliss-reactive ketones (excluding diaryl/α,β-unsaturated/α-hetero) is 1. The van der Waals surface area contributed by atoms with E-state index in [1.54, 1.807) is 6.92 Å².